The van der Waals surface area contributed by atoms with Crippen LogP contribution in [0, 0.1) is 6.92 Å². The minimum absolute atomic E-state index is 0.288. The minimum atomic E-state index is 0.288. The molecule has 1 atom stereocenters. The lowest BCUT2D eigenvalue weighted by molar-refractivity contribution is 0.591. The summed E-state index contributed by atoms with van der Waals surface area (Å²) in [5.41, 5.74) is 5.63. The Balaban J connectivity index is 2.13. The van der Waals surface area contributed by atoms with Crippen LogP contribution in [-0.4, -0.2) is 17.6 Å². The van der Waals surface area contributed by atoms with Crippen molar-refractivity contribution >= 4 is 11.3 Å². The van der Waals surface area contributed by atoms with E-state index in [0.29, 0.717) is 0 Å². The lowest BCUT2D eigenvalue weighted by Crippen LogP contribution is -2.23. The summed E-state index contributed by atoms with van der Waals surface area (Å²) in [6.45, 7) is 5.95. The van der Waals surface area contributed by atoms with Gasteiger partial charge in [0.05, 0.1) is 5.01 Å². The van der Waals surface area contributed by atoms with Gasteiger partial charge in [-0.15, -0.1) is 11.3 Å². The van der Waals surface area contributed by atoms with Crippen molar-refractivity contribution in [3.8, 4) is 0 Å². The number of rotatable bonds is 5. The van der Waals surface area contributed by atoms with Crippen LogP contribution in [0.2, 0.25) is 0 Å². The molecule has 0 radical (unpaired) electrons. The molecule has 1 aromatic rings. The summed E-state index contributed by atoms with van der Waals surface area (Å²) in [5, 5.41) is 4.47. The Kier molecular flexibility index (Phi) is 4.35. The van der Waals surface area contributed by atoms with Gasteiger partial charge in [0, 0.05) is 23.7 Å². The van der Waals surface area contributed by atoms with E-state index in [1.54, 1.807) is 11.3 Å². The first-order valence-corrected chi connectivity index (χ1v) is 5.37. The molecule has 74 valence electrons. The summed E-state index contributed by atoms with van der Waals surface area (Å²) in [6, 6.07) is 0.288. The van der Waals surface area contributed by atoms with E-state index in [0.717, 1.165) is 24.5 Å². The van der Waals surface area contributed by atoms with Crippen LogP contribution >= 0.6 is 11.3 Å². The Morgan fingerprint density at radius 2 is 2.46 bits per heavy atom. The van der Waals surface area contributed by atoms with E-state index in [-0.39, 0.29) is 6.04 Å². The average Bonchev–Trinajstić information content (AvgIpc) is 2.45. The van der Waals surface area contributed by atoms with Crippen LogP contribution in [0.5, 0.6) is 0 Å². The third kappa shape index (κ3) is 4.36. The van der Waals surface area contributed by atoms with Gasteiger partial charge in [0.15, 0.2) is 0 Å². The van der Waals surface area contributed by atoms with Crippen LogP contribution in [-0.2, 0) is 6.54 Å². The van der Waals surface area contributed by atoms with Crippen molar-refractivity contribution in [2.45, 2.75) is 32.9 Å². The Bertz CT molecular complexity index is 245. The number of nitrogens with two attached hydrogens (primary N) is 1. The molecule has 0 aliphatic carbocycles. The van der Waals surface area contributed by atoms with E-state index < -0.39 is 0 Å². The van der Waals surface area contributed by atoms with Crippen molar-refractivity contribution < 1.29 is 0 Å². The summed E-state index contributed by atoms with van der Waals surface area (Å²) >= 11 is 1.74. The highest BCUT2D eigenvalue weighted by atomic mass is 32.1. The number of nitrogens with zero attached hydrogens (tertiary/aromatic N) is 1. The normalized spacial score (nSPS) is 13.2. The zero-order valence-corrected chi connectivity index (χ0v) is 9.03. The van der Waals surface area contributed by atoms with Crippen molar-refractivity contribution in [1.82, 2.24) is 10.3 Å². The van der Waals surface area contributed by atoms with Crippen LogP contribution in [0.25, 0.3) is 0 Å². The van der Waals surface area contributed by atoms with Gasteiger partial charge in [0.1, 0.15) is 0 Å². The van der Waals surface area contributed by atoms with E-state index >= 15 is 0 Å². The van der Waals surface area contributed by atoms with Crippen molar-refractivity contribution in [1.29, 1.82) is 0 Å². The van der Waals surface area contributed by atoms with Crippen molar-refractivity contribution in [2.24, 2.45) is 5.73 Å². The molecule has 0 aliphatic rings. The third-order valence-electron chi connectivity index (χ3n) is 1.74. The molecule has 0 saturated heterocycles. The van der Waals surface area contributed by atoms with E-state index in [1.807, 2.05) is 20.0 Å². The van der Waals surface area contributed by atoms with Gasteiger partial charge in [-0.2, -0.15) is 0 Å². The molecule has 3 N–H and O–H groups in total. The molecule has 0 spiro atoms. The maximum absolute atomic E-state index is 5.63. The molecule has 1 aromatic heterocycles. The van der Waals surface area contributed by atoms with Gasteiger partial charge in [0.2, 0.25) is 0 Å². The molecule has 0 aliphatic heterocycles. The summed E-state index contributed by atoms with van der Waals surface area (Å²) in [4.78, 5) is 5.48. The molecule has 1 rings (SSSR count). The van der Waals surface area contributed by atoms with Crippen molar-refractivity contribution in [3.63, 3.8) is 0 Å². The smallest absolute Gasteiger partial charge is 0.0897 e. The molecule has 13 heavy (non-hydrogen) atoms. The Labute approximate surface area is 83.4 Å². The number of hydrogen-bond donors (Lipinski definition) is 2. The van der Waals surface area contributed by atoms with Gasteiger partial charge in [-0.05, 0) is 26.8 Å². The maximum atomic E-state index is 5.63. The highest BCUT2D eigenvalue weighted by Crippen LogP contribution is 2.10. The fourth-order valence-corrected chi connectivity index (χ4v) is 1.79. The predicted molar refractivity (Wildman–Crippen MR) is 56.8 cm³/mol. The van der Waals surface area contributed by atoms with Crippen LogP contribution < -0.4 is 11.1 Å². The molecule has 1 unspecified atom stereocenters. The second-order valence-corrected chi connectivity index (χ2v) is 4.61. The number of thiazole rings is 1. The first-order chi connectivity index (χ1) is 6.18. The molecular formula is C9H17N3S. The molecule has 3 nitrogen and oxygen atoms in total. The van der Waals surface area contributed by atoms with Crippen LogP contribution in [0.3, 0.4) is 0 Å². The summed E-state index contributed by atoms with van der Waals surface area (Å²) in [6.07, 6.45) is 2.96. The average molecular weight is 199 g/mol. The van der Waals surface area contributed by atoms with Gasteiger partial charge in [-0.3, -0.25) is 0 Å². The topological polar surface area (TPSA) is 50.9 Å². The van der Waals surface area contributed by atoms with Gasteiger partial charge >= 0.3 is 0 Å². The predicted octanol–water partition coefficient (Wildman–Crippen LogP) is 1.28. The van der Waals surface area contributed by atoms with Crippen molar-refractivity contribution in [2.75, 3.05) is 6.54 Å². The monoisotopic (exact) mass is 199 g/mol. The number of aryl methyl sites for hydroxylation is 1. The molecule has 0 fully saturated rings. The lowest BCUT2D eigenvalue weighted by Gasteiger charge is -2.04. The fraction of sp³-hybridized carbons (Fsp3) is 0.667. The number of hydrogen-bond acceptors (Lipinski definition) is 4. The molecule has 0 saturated carbocycles. The zero-order valence-electron chi connectivity index (χ0n) is 8.21. The van der Waals surface area contributed by atoms with E-state index in [9.17, 15) is 0 Å². The Morgan fingerprint density at radius 1 is 1.69 bits per heavy atom. The molecule has 0 amide bonds. The summed E-state index contributed by atoms with van der Waals surface area (Å²) < 4.78 is 0. The van der Waals surface area contributed by atoms with Crippen LogP contribution in [0.1, 0.15) is 23.2 Å². The highest BCUT2D eigenvalue weighted by molar-refractivity contribution is 7.11. The highest BCUT2D eigenvalue weighted by Gasteiger charge is 1.97. The molecule has 0 bridgehead atoms. The minimum Gasteiger partial charge on any atom is -0.328 e. The summed E-state index contributed by atoms with van der Waals surface area (Å²) in [7, 11) is 0. The Morgan fingerprint density at radius 3 is 3.00 bits per heavy atom. The number of aromatic nitrogens is 1. The van der Waals surface area contributed by atoms with Crippen LogP contribution in [0.4, 0.5) is 0 Å². The van der Waals surface area contributed by atoms with E-state index in [4.69, 9.17) is 5.73 Å². The molecule has 1 heterocycles. The quantitative estimate of drug-likeness (QED) is 0.702. The second-order valence-electron chi connectivity index (χ2n) is 3.29. The van der Waals surface area contributed by atoms with Crippen molar-refractivity contribution in [3.05, 3.63) is 16.1 Å². The first-order valence-electron chi connectivity index (χ1n) is 4.56. The first kappa shape index (κ1) is 10.6. The van der Waals surface area contributed by atoms with Gasteiger partial charge in [0.25, 0.3) is 0 Å². The summed E-state index contributed by atoms with van der Waals surface area (Å²) in [5.74, 6) is 0. The largest absolute Gasteiger partial charge is 0.328 e. The van der Waals surface area contributed by atoms with Gasteiger partial charge < -0.3 is 11.1 Å². The molecule has 4 heteroatoms. The standard InChI is InChI=1S/C9H17N3S/c1-7(10)3-4-11-5-9-6-12-8(2)13-9/h6-7,11H,3-5,10H2,1-2H3. The van der Waals surface area contributed by atoms with Crippen LogP contribution in [0.15, 0.2) is 6.20 Å². The van der Waals surface area contributed by atoms with Gasteiger partial charge in [-0.25, -0.2) is 4.98 Å². The molecule has 0 aromatic carbocycles. The second kappa shape index (κ2) is 5.32. The van der Waals surface area contributed by atoms with Gasteiger partial charge in [-0.1, -0.05) is 0 Å². The van der Waals surface area contributed by atoms with E-state index in [2.05, 4.69) is 10.3 Å². The number of nitrogens with one attached hydrogen (secondary N) is 1. The Hall–Kier alpha value is -0.450. The SMILES string of the molecule is Cc1ncc(CNCCC(C)N)s1. The lowest BCUT2D eigenvalue weighted by atomic mass is 10.2. The fourth-order valence-electron chi connectivity index (χ4n) is 1.03. The zero-order chi connectivity index (χ0) is 9.68. The third-order valence-corrected chi connectivity index (χ3v) is 2.66. The molecular weight excluding hydrogens is 182 g/mol. The maximum Gasteiger partial charge on any atom is 0.0897 e. The van der Waals surface area contributed by atoms with E-state index in [1.165, 1.54) is 4.88 Å².